The second-order valence-corrected chi connectivity index (χ2v) is 9.79. The van der Waals surface area contributed by atoms with E-state index in [1.54, 1.807) is 0 Å². The summed E-state index contributed by atoms with van der Waals surface area (Å²) in [4.78, 5) is 0. The zero-order valence-electron chi connectivity index (χ0n) is 18.5. The van der Waals surface area contributed by atoms with E-state index in [0.29, 0.717) is 17.6 Å². The van der Waals surface area contributed by atoms with Crippen LogP contribution in [0.2, 0.25) is 0 Å². The van der Waals surface area contributed by atoms with E-state index in [9.17, 15) is 5.11 Å². The molecule has 3 aliphatic rings. The topological polar surface area (TPSA) is 62.8 Å². The average Bonchev–Trinajstić information content (AvgIpc) is 3.18. The highest BCUT2D eigenvalue weighted by Crippen LogP contribution is 2.60. The molecule has 5 heteroatoms. The minimum absolute atomic E-state index is 0.173. The summed E-state index contributed by atoms with van der Waals surface area (Å²) in [6.45, 7) is 6.53. The fraction of sp³-hybridized carbons (Fsp3) is 0.560. The van der Waals surface area contributed by atoms with Gasteiger partial charge in [-0.1, -0.05) is 13.0 Å². The van der Waals surface area contributed by atoms with Gasteiger partial charge in [-0.25, -0.2) is 0 Å². The van der Waals surface area contributed by atoms with Gasteiger partial charge in [0, 0.05) is 29.4 Å². The standard InChI is InChI=1S/C25H32N4O/c1-15-22(16(2)29(4)28-15)14-26-27-24-10-9-23-21-7-5-17-13-18(30)6-8-19(17)20(21)11-12-25(23,24)3/h6,8,13-14,20-21,23,30H,5,7,9-12H2,1-4H3/b26-14-,27-24-/t20-,21+,23+,25-/m0/s1. The molecule has 30 heavy (non-hydrogen) atoms. The highest BCUT2D eigenvalue weighted by Gasteiger charge is 2.53. The van der Waals surface area contributed by atoms with Crippen LogP contribution in [0.5, 0.6) is 5.75 Å². The van der Waals surface area contributed by atoms with Crippen molar-refractivity contribution in [1.82, 2.24) is 9.78 Å². The van der Waals surface area contributed by atoms with Crippen LogP contribution in [0, 0.1) is 31.1 Å². The van der Waals surface area contributed by atoms with Gasteiger partial charge in [-0.05, 0) is 93.4 Å². The molecule has 0 amide bonds. The lowest BCUT2D eigenvalue weighted by Gasteiger charge is -2.49. The third-order valence-electron chi connectivity index (χ3n) is 8.38. The smallest absolute Gasteiger partial charge is 0.115 e. The van der Waals surface area contributed by atoms with Crippen LogP contribution >= 0.6 is 0 Å². The van der Waals surface area contributed by atoms with Gasteiger partial charge >= 0.3 is 0 Å². The number of phenolic OH excluding ortho intramolecular Hbond substituents is 1. The number of hydrogen-bond donors (Lipinski definition) is 1. The van der Waals surface area contributed by atoms with Gasteiger partial charge in [-0.2, -0.15) is 15.3 Å². The number of benzene rings is 1. The van der Waals surface area contributed by atoms with E-state index < -0.39 is 0 Å². The van der Waals surface area contributed by atoms with E-state index >= 15 is 0 Å². The summed E-state index contributed by atoms with van der Waals surface area (Å²) in [5.41, 5.74) is 7.51. The van der Waals surface area contributed by atoms with Crippen molar-refractivity contribution >= 4 is 11.9 Å². The highest BCUT2D eigenvalue weighted by molar-refractivity contribution is 5.93. The Hall–Kier alpha value is -2.43. The zero-order chi connectivity index (χ0) is 21.0. The van der Waals surface area contributed by atoms with Gasteiger partial charge in [0.2, 0.25) is 0 Å². The molecular formula is C25H32N4O. The molecule has 2 saturated carbocycles. The quantitative estimate of drug-likeness (QED) is 0.561. The van der Waals surface area contributed by atoms with Crippen LogP contribution in [0.1, 0.15) is 73.0 Å². The number of rotatable bonds is 2. The Bertz CT molecular complexity index is 1050. The van der Waals surface area contributed by atoms with Crippen molar-refractivity contribution in [3.63, 3.8) is 0 Å². The van der Waals surface area contributed by atoms with Crippen molar-refractivity contribution in [2.45, 2.75) is 65.2 Å². The Kier molecular flexibility index (Phi) is 4.60. The monoisotopic (exact) mass is 404 g/mol. The van der Waals surface area contributed by atoms with Gasteiger partial charge in [0.1, 0.15) is 5.75 Å². The van der Waals surface area contributed by atoms with Crippen LogP contribution in [-0.4, -0.2) is 26.8 Å². The largest absolute Gasteiger partial charge is 0.508 e. The van der Waals surface area contributed by atoms with Crippen LogP contribution in [0.3, 0.4) is 0 Å². The van der Waals surface area contributed by atoms with E-state index in [4.69, 9.17) is 5.10 Å². The number of aryl methyl sites for hydroxylation is 3. The van der Waals surface area contributed by atoms with E-state index in [-0.39, 0.29) is 5.41 Å². The Morgan fingerprint density at radius 2 is 2.03 bits per heavy atom. The predicted molar refractivity (Wildman–Crippen MR) is 120 cm³/mol. The van der Waals surface area contributed by atoms with Gasteiger partial charge in [-0.15, -0.1) is 0 Å². The third-order valence-corrected chi connectivity index (χ3v) is 8.38. The molecule has 1 heterocycles. The molecule has 5 nitrogen and oxygen atoms in total. The van der Waals surface area contributed by atoms with Crippen LogP contribution in [0.4, 0.5) is 0 Å². The molecule has 2 fully saturated rings. The van der Waals surface area contributed by atoms with Gasteiger partial charge < -0.3 is 5.11 Å². The van der Waals surface area contributed by atoms with Gasteiger partial charge in [0.05, 0.1) is 11.9 Å². The first kappa shape index (κ1) is 19.5. The summed E-state index contributed by atoms with van der Waals surface area (Å²) in [6.07, 6.45) is 8.88. The van der Waals surface area contributed by atoms with Gasteiger partial charge in [0.25, 0.3) is 0 Å². The SMILES string of the molecule is Cc1nn(C)c(C)c1/C=N\N=C1\CC[C@@H]2[C@@H]3CCc4cc(O)ccc4[C@@H]3CC[C@]12C. The van der Waals surface area contributed by atoms with Crippen molar-refractivity contribution in [2.75, 3.05) is 0 Å². The Morgan fingerprint density at radius 3 is 2.80 bits per heavy atom. The number of hydrogen-bond acceptors (Lipinski definition) is 4. The summed E-state index contributed by atoms with van der Waals surface area (Å²) in [5, 5.41) is 23.6. The molecule has 0 unspecified atom stereocenters. The van der Waals surface area contributed by atoms with E-state index in [2.05, 4.69) is 30.1 Å². The van der Waals surface area contributed by atoms with Crippen LogP contribution < -0.4 is 0 Å². The average molecular weight is 405 g/mol. The normalized spacial score (nSPS) is 31.7. The van der Waals surface area contributed by atoms with Crippen molar-refractivity contribution in [1.29, 1.82) is 0 Å². The third kappa shape index (κ3) is 2.93. The predicted octanol–water partition coefficient (Wildman–Crippen LogP) is 5.07. The lowest BCUT2D eigenvalue weighted by Crippen LogP contribution is -2.42. The lowest BCUT2D eigenvalue weighted by molar-refractivity contribution is 0.0955. The second-order valence-electron chi connectivity index (χ2n) is 9.79. The molecule has 2 aromatic rings. The molecule has 158 valence electrons. The number of phenols is 1. The van der Waals surface area contributed by atoms with E-state index in [1.165, 1.54) is 42.5 Å². The minimum atomic E-state index is 0.173. The number of aromatic hydroxyl groups is 1. The highest BCUT2D eigenvalue weighted by atomic mass is 16.3. The molecule has 0 aliphatic heterocycles. The number of fused-ring (bicyclic) bond motifs is 5. The van der Waals surface area contributed by atoms with E-state index in [1.807, 2.05) is 37.0 Å². The van der Waals surface area contributed by atoms with Crippen molar-refractivity contribution in [2.24, 2.45) is 34.5 Å². The first-order chi connectivity index (χ1) is 14.4. The molecule has 3 aliphatic carbocycles. The minimum Gasteiger partial charge on any atom is -0.508 e. The second kappa shape index (κ2) is 7.07. The fourth-order valence-corrected chi connectivity index (χ4v) is 6.65. The maximum Gasteiger partial charge on any atom is 0.115 e. The Labute approximate surface area is 178 Å². The van der Waals surface area contributed by atoms with Crippen LogP contribution in [-0.2, 0) is 13.5 Å². The first-order valence-corrected chi connectivity index (χ1v) is 11.3. The summed E-state index contributed by atoms with van der Waals surface area (Å²) in [7, 11) is 1.97. The molecule has 0 spiro atoms. The molecule has 0 bridgehead atoms. The first-order valence-electron chi connectivity index (χ1n) is 11.3. The van der Waals surface area contributed by atoms with Crippen LogP contribution in [0.25, 0.3) is 0 Å². The van der Waals surface area contributed by atoms with Crippen LogP contribution in [0.15, 0.2) is 28.4 Å². The molecule has 1 aromatic carbocycles. The number of nitrogens with zero attached hydrogens (tertiary/aromatic N) is 4. The summed E-state index contributed by atoms with van der Waals surface area (Å²) in [6, 6.07) is 6.03. The fourth-order valence-electron chi connectivity index (χ4n) is 6.65. The zero-order valence-corrected chi connectivity index (χ0v) is 18.5. The molecule has 4 atom stereocenters. The molecule has 0 saturated heterocycles. The Balaban J connectivity index is 1.39. The molecule has 1 aromatic heterocycles. The molecular weight excluding hydrogens is 372 g/mol. The van der Waals surface area contributed by atoms with Gasteiger partial charge in [-0.3, -0.25) is 4.68 Å². The van der Waals surface area contributed by atoms with E-state index in [0.717, 1.165) is 35.7 Å². The molecule has 0 radical (unpaired) electrons. The van der Waals surface area contributed by atoms with Gasteiger partial charge in [0.15, 0.2) is 0 Å². The maximum absolute atomic E-state index is 9.88. The number of aromatic nitrogens is 2. The maximum atomic E-state index is 9.88. The van der Waals surface area contributed by atoms with Crippen molar-refractivity contribution in [3.8, 4) is 5.75 Å². The van der Waals surface area contributed by atoms with Crippen molar-refractivity contribution < 1.29 is 5.11 Å². The summed E-state index contributed by atoms with van der Waals surface area (Å²) in [5.74, 6) is 2.45. The van der Waals surface area contributed by atoms with Crippen molar-refractivity contribution in [3.05, 3.63) is 46.3 Å². The summed E-state index contributed by atoms with van der Waals surface area (Å²) < 4.78 is 1.90. The lowest BCUT2D eigenvalue weighted by atomic mass is 9.55. The Morgan fingerprint density at radius 1 is 1.20 bits per heavy atom. The molecule has 5 rings (SSSR count). The molecule has 1 N–H and O–H groups in total. The summed E-state index contributed by atoms with van der Waals surface area (Å²) >= 11 is 0.